The summed E-state index contributed by atoms with van der Waals surface area (Å²) in [5, 5.41) is 0.741. The quantitative estimate of drug-likeness (QED) is 0.706. The van der Waals surface area contributed by atoms with E-state index in [2.05, 4.69) is 19.9 Å². The van der Waals surface area contributed by atoms with Crippen molar-refractivity contribution in [3.63, 3.8) is 0 Å². The number of nitrogens with zero attached hydrogens (tertiary/aromatic N) is 4. The highest BCUT2D eigenvalue weighted by Gasteiger charge is 2.25. The van der Waals surface area contributed by atoms with Crippen molar-refractivity contribution in [3.8, 4) is 0 Å². The molecule has 1 aliphatic rings. The van der Waals surface area contributed by atoms with Crippen LogP contribution in [0.25, 0.3) is 0 Å². The van der Waals surface area contributed by atoms with Crippen LogP contribution in [0.3, 0.4) is 0 Å². The molecule has 1 atom stereocenters. The van der Waals surface area contributed by atoms with Crippen molar-refractivity contribution in [2.24, 2.45) is 0 Å². The Labute approximate surface area is 151 Å². The third-order valence-corrected chi connectivity index (χ3v) is 4.73. The number of benzene rings is 1. The summed E-state index contributed by atoms with van der Waals surface area (Å²) >= 11 is 6.05. The van der Waals surface area contributed by atoms with Crippen LogP contribution in [0.1, 0.15) is 36.0 Å². The molecule has 1 fully saturated rings. The van der Waals surface area contributed by atoms with E-state index in [0.29, 0.717) is 6.42 Å². The smallest absolute Gasteiger partial charge is 0.199 e. The van der Waals surface area contributed by atoms with Crippen molar-refractivity contribution in [1.29, 1.82) is 0 Å². The predicted molar refractivity (Wildman–Crippen MR) is 97.0 cm³/mol. The number of rotatable bonds is 4. The normalized spacial score (nSPS) is 17.6. The molecule has 0 aliphatic carbocycles. The van der Waals surface area contributed by atoms with Gasteiger partial charge in [-0.15, -0.1) is 0 Å². The summed E-state index contributed by atoms with van der Waals surface area (Å²) in [6.45, 7) is 1.87. The average Bonchev–Trinajstić information content (AvgIpc) is 3.11. The van der Waals surface area contributed by atoms with E-state index in [1.807, 2.05) is 36.5 Å². The SMILES string of the molecule is Clc1cccc(Cc2cnc([C@@H]3CCCN(c4ccncn4)C3)o2)c1. The molecule has 0 radical (unpaired) electrons. The van der Waals surface area contributed by atoms with Gasteiger partial charge in [-0.05, 0) is 36.6 Å². The molecule has 128 valence electrons. The highest BCUT2D eigenvalue weighted by Crippen LogP contribution is 2.29. The Morgan fingerprint density at radius 3 is 3.04 bits per heavy atom. The van der Waals surface area contributed by atoms with E-state index in [1.54, 1.807) is 12.5 Å². The molecule has 4 rings (SSSR count). The lowest BCUT2D eigenvalue weighted by molar-refractivity contribution is 0.384. The van der Waals surface area contributed by atoms with E-state index in [-0.39, 0.29) is 5.92 Å². The molecule has 0 N–H and O–H groups in total. The van der Waals surface area contributed by atoms with Gasteiger partial charge in [-0.2, -0.15) is 0 Å². The number of piperidine rings is 1. The minimum atomic E-state index is 0.289. The fourth-order valence-electron chi connectivity index (χ4n) is 3.30. The zero-order valence-electron chi connectivity index (χ0n) is 13.8. The molecule has 0 bridgehead atoms. The van der Waals surface area contributed by atoms with Crippen molar-refractivity contribution < 1.29 is 4.42 Å². The van der Waals surface area contributed by atoms with E-state index < -0.39 is 0 Å². The zero-order valence-corrected chi connectivity index (χ0v) is 14.6. The minimum absolute atomic E-state index is 0.289. The second-order valence-electron chi connectivity index (χ2n) is 6.32. The third-order valence-electron chi connectivity index (χ3n) is 4.50. The summed E-state index contributed by atoms with van der Waals surface area (Å²) in [5.74, 6) is 2.94. The lowest BCUT2D eigenvalue weighted by atomic mass is 9.98. The molecule has 0 amide bonds. The molecule has 0 unspecified atom stereocenters. The number of aromatic nitrogens is 3. The largest absolute Gasteiger partial charge is 0.445 e. The zero-order chi connectivity index (χ0) is 17.1. The summed E-state index contributed by atoms with van der Waals surface area (Å²) in [6.07, 6.45) is 8.09. The van der Waals surface area contributed by atoms with Gasteiger partial charge >= 0.3 is 0 Å². The van der Waals surface area contributed by atoms with Gasteiger partial charge in [-0.3, -0.25) is 0 Å². The van der Waals surface area contributed by atoms with Crippen LogP contribution >= 0.6 is 11.6 Å². The Balaban J connectivity index is 1.46. The van der Waals surface area contributed by atoms with Gasteiger partial charge in [-0.25, -0.2) is 15.0 Å². The molecule has 1 aromatic carbocycles. The molecule has 0 saturated carbocycles. The van der Waals surface area contributed by atoms with Crippen molar-refractivity contribution >= 4 is 17.4 Å². The molecule has 6 heteroatoms. The molecule has 25 heavy (non-hydrogen) atoms. The second kappa shape index (κ2) is 7.23. The Kier molecular flexibility index (Phi) is 4.65. The van der Waals surface area contributed by atoms with Gasteiger partial charge in [0.1, 0.15) is 17.9 Å². The highest BCUT2D eigenvalue weighted by atomic mass is 35.5. The molecule has 1 saturated heterocycles. The summed E-state index contributed by atoms with van der Waals surface area (Å²) in [7, 11) is 0. The fraction of sp³-hybridized carbons (Fsp3) is 0.316. The predicted octanol–water partition coefficient (Wildman–Crippen LogP) is 4.09. The number of anilines is 1. The second-order valence-corrected chi connectivity index (χ2v) is 6.76. The first kappa shape index (κ1) is 16.1. The fourth-order valence-corrected chi connectivity index (χ4v) is 3.51. The van der Waals surface area contributed by atoms with Gasteiger partial charge in [0.2, 0.25) is 0 Å². The van der Waals surface area contributed by atoms with Crippen LogP contribution in [-0.4, -0.2) is 28.0 Å². The lowest BCUT2D eigenvalue weighted by Crippen LogP contribution is -2.35. The number of hydrogen-bond donors (Lipinski definition) is 0. The van der Waals surface area contributed by atoms with E-state index >= 15 is 0 Å². The van der Waals surface area contributed by atoms with Crippen LogP contribution in [0.5, 0.6) is 0 Å². The first-order valence-corrected chi connectivity index (χ1v) is 8.86. The molecule has 1 aliphatic heterocycles. The Morgan fingerprint density at radius 2 is 2.20 bits per heavy atom. The van der Waals surface area contributed by atoms with Crippen molar-refractivity contribution in [1.82, 2.24) is 15.0 Å². The van der Waals surface area contributed by atoms with E-state index in [0.717, 1.165) is 54.0 Å². The van der Waals surface area contributed by atoms with Crippen molar-refractivity contribution in [3.05, 3.63) is 71.3 Å². The topological polar surface area (TPSA) is 55.1 Å². The van der Waals surface area contributed by atoms with Crippen molar-refractivity contribution in [2.45, 2.75) is 25.2 Å². The van der Waals surface area contributed by atoms with Crippen molar-refractivity contribution in [2.75, 3.05) is 18.0 Å². The minimum Gasteiger partial charge on any atom is -0.445 e. The van der Waals surface area contributed by atoms with Crippen LogP contribution in [0.2, 0.25) is 5.02 Å². The van der Waals surface area contributed by atoms with Crippen LogP contribution < -0.4 is 4.90 Å². The standard InChI is InChI=1S/C19H19ClN4O/c20-16-5-1-3-14(9-16)10-17-11-22-19(25-17)15-4-2-8-24(12-15)18-6-7-21-13-23-18/h1,3,5-7,9,11,13,15H,2,4,8,10,12H2/t15-/m1/s1. The maximum Gasteiger partial charge on any atom is 0.199 e. The van der Waals surface area contributed by atoms with Gasteiger partial charge in [0.15, 0.2) is 5.89 Å². The Morgan fingerprint density at radius 1 is 1.24 bits per heavy atom. The monoisotopic (exact) mass is 354 g/mol. The van der Waals surface area contributed by atoms with E-state index in [1.165, 1.54) is 0 Å². The molecule has 3 aromatic rings. The maximum absolute atomic E-state index is 6.05. The summed E-state index contributed by atoms with van der Waals surface area (Å²) < 4.78 is 6.04. The average molecular weight is 355 g/mol. The van der Waals surface area contributed by atoms with E-state index in [4.69, 9.17) is 16.0 Å². The summed E-state index contributed by atoms with van der Waals surface area (Å²) in [5.41, 5.74) is 1.13. The molecular formula is C19H19ClN4O. The van der Waals surface area contributed by atoms with Crippen LogP contribution in [0.15, 0.2) is 53.5 Å². The first-order valence-electron chi connectivity index (χ1n) is 8.48. The molecule has 3 heterocycles. The van der Waals surface area contributed by atoms with Crippen LogP contribution in [0.4, 0.5) is 5.82 Å². The summed E-state index contributed by atoms with van der Waals surface area (Å²) in [6, 6.07) is 9.78. The van der Waals surface area contributed by atoms with Crippen LogP contribution in [-0.2, 0) is 6.42 Å². The molecule has 5 nitrogen and oxygen atoms in total. The van der Waals surface area contributed by atoms with E-state index in [9.17, 15) is 0 Å². The maximum atomic E-state index is 6.05. The summed E-state index contributed by atoms with van der Waals surface area (Å²) in [4.78, 5) is 15.1. The highest BCUT2D eigenvalue weighted by molar-refractivity contribution is 6.30. The number of oxazole rings is 1. The molecule has 0 spiro atoms. The Hall–Kier alpha value is -2.40. The van der Waals surface area contributed by atoms with Gasteiger partial charge in [0.25, 0.3) is 0 Å². The number of halogens is 1. The van der Waals surface area contributed by atoms with Gasteiger partial charge in [-0.1, -0.05) is 23.7 Å². The molecule has 2 aromatic heterocycles. The number of hydrogen-bond acceptors (Lipinski definition) is 5. The van der Waals surface area contributed by atoms with Gasteiger partial charge in [0, 0.05) is 30.7 Å². The lowest BCUT2D eigenvalue weighted by Gasteiger charge is -2.31. The third kappa shape index (κ3) is 3.82. The van der Waals surface area contributed by atoms with Gasteiger partial charge in [0.05, 0.1) is 12.1 Å². The van der Waals surface area contributed by atoms with Crippen LogP contribution in [0, 0.1) is 0 Å². The van der Waals surface area contributed by atoms with Gasteiger partial charge < -0.3 is 9.32 Å². The molecular weight excluding hydrogens is 336 g/mol. The first-order chi connectivity index (χ1) is 12.3. The Bertz CT molecular complexity index is 836.